The normalized spacial score (nSPS) is 20.8. The molecule has 5 heteroatoms. The zero-order valence-electron chi connectivity index (χ0n) is 11.8. The number of allylic oxidation sites excluding steroid dienone is 3. The number of aliphatic hydroxyl groups is 1. The Hall–Kier alpha value is -1.17. The predicted molar refractivity (Wildman–Crippen MR) is 74.8 cm³/mol. The van der Waals surface area contributed by atoms with Crippen molar-refractivity contribution in [2.45, 2.75) is 19.4 Å². The Labute approximate surface area is 114 Å². The van der Waals surface area contributed by atoms with Crippen molar-refractivity contribution >= 4 is 5.91 Å². The highest BCUT2D eigenvalue weighted by molar-refractivity contribution is 5.87. The summed E-state index contributed by atoms with van der Waals surface area (Å²) in [5.74, 6) is -0.194. The summed E-state index contributed by atoms with van der Waals surface area (Å²) < 4.78 is 5.26. The Morgan fingerprint density at radius 3 is 2.74 bits per heavy atom. The molecule has 2 N–H and O–H groups in total. The second-order valence-electron chi connectivity index (χ2n) is 4.99. The van der Waals surface area contributed by atoms with E-state index in [9.17, 15) is 9.90 Å². The number of hydrogen-bond acceptors (Lipinski definition) is 4. The van der Waals surface area contributed by atoms with E-state index >= 15 is 0 Å². The summed E-state index contributed by atoms with van der Waals surface area (Å²) in [4.78, 5) is 13.6. The molecule has 1 rings (SSSR count). The lowest BCUT2D eigenvalue weighted by Gasteiger charge is -2.33. The molecule has 0 aromatic heterocycles. The van der Waals surface area contributed by atoms with Crippen LogP contribution in [-0.4, -0.2) is 60.9 Å². The van der Waals surface area contributed by atoms with Gasteiger partial charge in [-0.25, -0.2) is 0 Å². The highest BCUT2D eigenvalue weighted by Crippen LogP contribution is 2.07. The van der Waals surface area contributed by atoms with E-state index in [0.717, 1.165) is 13.1 Å². The van der Waals surface area contributed by atoms with E-state index in [2.05, 4.69) is 10.2 Å². The van der Waals surface area contributed by atoms with Crippen LogP contribution in [0.15, 0.2) is 24.3 Å². The van der Waals surface area contributed by atoms with Crippen molar-refractivity contribution in [3.8, 4) is 0 Å². The van der Waals surface area contributed by atoms with Gasteiger partial charge in [0.25, 0.3) is 0 Å². The van der Waals surface area contributed by atoms with Gasteiger partial charge < -0.3 is 15.2 Å². The van der Waals surface area contributed by atoms with Crippen LogP contribution in [-0.2, 0) is 9.53 Å². The Kier molecular flexibility index (Phi) is 6.77. The van der Waals surface area contributed by atoms with Crippen LogP contribution in [0.2, 0.25) is 0 Å². The minimum atomic E-state index is -0.929. The van der Waals surface area contributed by atoms with E-state index in [0.29, 0.717) is 19.8 Å². The molecule has 0 spiro atoms. The van der Waals surface area contributed by atoms with Crippen molar-refractivity contribution in [1.29, 1.82) is 0 Å². The molecule has 1 unspecified atom stereocenters. The van der Waals surface area contributed by atoms with Crippen LogP contribution < -0.4 is 5.32 Å². The van der Waals surface area contributed by atoms with Crippen LogP contribution >= 0.6 is 0 Å². The fraction of sp³-hybridized carbons (Fsp3) is 0.643. The SMILES string of the molecule is CC=CC=CC(=O)NCC(C)(O)CN1CCOCC1. The van der Waals surface area contributed by atoms with Crippen LogP contribution in [0.3, 0.4) is 0 Å². The predicted octanol–water partition coefficient (Wildman–Crippen LogP) is 0.318. The standard InChI is InChI=1S/C14H24N2O3/c1-3-4-5-6-13(17)15-11-14(2,18)12-16-7-9-19-10-8-16/h3-6,18H,7-12H2,1-2H3,(H,15,17). The van der Waals surface area contributed by atoms with Crippen LogP contribution in [0.4, 0.5) is 0 Å². The zero-order chi connectivity index (χ0) is 14.1. The summed E-state index contributed by atoms with van der Waals surface area (Å²) in [5, 5.41) is 13.0. The van der Waals surface area contributed by atoms with E-state index in [1.54, 1.807) is 19.1 Å². The second-order valence-corrected chi connectivity index (χ2v) is 4.99. The number of nitrogens with one attached hydrogen (secondary N) is 1. The molecule has 1 fully saturated rings. The van der Waals surface area contributed by atoms with Gasteiger partial charge in [0.1, 0.15) is 0 Å². The van der Waals surface area contributed by atoms with Crippen LogP contribution in [0, 0.1) is 0 Å². The highest BCUT2D eigenvalue weighted by atomic mass is 16.5. The molecule has 19 heavy (non-hydrogen) atoms. The molecule has 0 aromatic rings. The number of nitrogens with zero attached hydrogens (tertiary/aromatic N) is 1. The maximum Gasteiger partial charge on any atom is 0.244 e. The highest BCUT2D eigenvalue weighted by Gasteiger charge is 2.25. The number of carbonyl (C=O) groups excluding carboxylic acids is 1. The summed E-state index contributed by atoms with van der Waals surface area (Å²) in [7, 11) is 0. The Bertz CT molecular complexity index is 332. The molecular weight excluding hydrogens is 244 g/mol. The molecule has 108 valence electrons. The van der Waals surface area contributed by atoms with Gasteiger partial charge >= 0.3 is 0 Å². The van der Waals surface area contributed by atoms with Gasteiger partial charge in [-0.05, 0) is 13.8 Å². The smallest absolute Gasteiger partial charge is 0.244 e. The van der Waals surface area contributed by atoms with Crippen LogP contribution in [0.25, 0.3) is 0 Å². The summed E-state index contributed by atoms with van der Waals surface area (Å²) in [6.45, 7) is 7.45. The van der Waals surface area contributed by atoms with Crippen LogP contribution in [0.1, 0.15) is 13.8 Å². The van der Waals surface area contributed by atoms with Crippen LogP contribution in [0.5, 0.6) is 0 Å². The first-order valence-electron chi connectivity index (χ1n) is 6.63. The Balaban J connectivity index is 2.30. The van der Waals surface area contributed by atoms with E-state index in [1.165, 1.54) is 6.08 Å². The molecule has 0 aromatic carbocycles. The van der Waals surface area contributed by atoms with E-state index in [1.807, 2.05) is 13.0 Å². The number of carbonyl (C=O) groups is 1. The summed E-state index contributed by atoms with van der Waals surface area (Å²) in [6, 6.07) is 0. The van der Waals surface area contributed by atoms with Crippen molar-refractivity contribution in [1.82, 2.24) is 10.2 Å². The van der Waals surface area contributed by atoms with E-state index in [4.69, 9.17) is 4.74 Å². The number of morpholine rings is 1. The molecule has 0 radical (unpaired) electrons. The van der Waals surface area contributed by atoms with Gasteiger partial charge in [-0.3, -0.25) is 9.69 Å². The summed E-state index contributed by atoms with van der Waals surface area (Å²) in [6.07, 6.45) is 6.75. The average Bonchev–Trinajstić information content (AvgIpc) is 2.38. The van der Waals surface area contributed by atoms with Gasteiger partial charge in [0.05, 0.1) is 18.8 Å². The van der Waals surface area contributed by atoms with Gasteiger partial charge in [-0.2, -0.15) is 0 Å². The minimum absolute atomic E-state index is 0.194. The van der Waals surface area contributed by atoms with Crippen molar-refractivity contribution in [2.75, 3.05) is 39.4 Å². The average molecular weight is 268 g/mol. The zero-order valence-corrected chi connectivity index (χ0v) is 11.8. The number of rotatable bonds is 6. The first-order chi connectivity index (χ1) is 9.03. The molecule has 0 saturated carbocycles. The molecular formula is C14H24N2O3. The Morgan fingerprint density at radius 2 is 2.11 bits per heavy atom. The van der Waals surface area contributed by atoms with E-state index < -0.39 is 5.60 Å². The molecule has 0 bridgehead atoms. The van der Waals surface area contributed by atoms with E-state index in [-0.39, 0.29) is 12.5 Å². The molecule has 1 aliphatic rings. The molecule has 5 nitrogen and oxygen atoms in total. The molecule has 1 heterocycles. The molecule has 1 aliphatic heterocycles. The van der Waals surface area contributed by atoms with Crippen molar-refractivity contribution in [2.24, 2.45) is 0 Å². The third-order valence-corrected chi connectivity index (χ3v) is 2.86. The Morgan fingerprint density at radius 1 is 1.42 bits per heavy atom. The third kappa shape index (κ3) is 7.10. The molecule has 1 amide bonds. The quantitative estimate of drug-likeness (QED) is 0.538. The van der Waals surface area contributed by atoms with Crippen molar-refractivity contribution in [3.05, 3.63) is 24.3 Å². The molecule has 0 aliphatic carbocycles. The largest absolute Gasteiger partial charge is 0.387 e. The van der Waals surface area contributed by atoms with Gasteiger partial charge in [-0.1, -0.05) is 18.2 Å². The maximum absolute atomic E-state index is 11.5. The number of ether oxygens (including phenoxy) is 1. The van der Waals surface area contributed by atoms with Gasteiger partial charge in [-0.15, -0.1) is 0 Å². The molecule has 1 saturated heterocycles. The maximum atomic E-state index is 11.5. The lowest BCUT2D eigenvalue weighted by Crippen LogP contribution is -2.51. The summed E-state index contributed by atoms with van der Waals surface area (Å²) >= 11 is 0. The minimum Gasteiger partial charge on any atom is -0.387 e. The van der Waals surface area contributed by atoms with Crippen molar-refractivity contribution < 1.29 is 14.6 Å². The second kappa shape index (κ2) is 8.09. The fourth-order valence-corrected chi connectivity index (χ4v) is 1.89. The lowest BCUT2D eigenvalue weighted by molar-refractivity contribution is -0.118. The lowest BCUT2D eigenvalue weighted by atomic mass is 10.1. The van der Waals surface area contributed by atoms with Gasteiger partial charge in [0, 0.05) is 32.3 Å². The topological polar surface area (TPSA) is 61.8 Å². The number of hydrogen-bond donors (Lipinski definition) is 2. The van der Waals surface area contributed by atoms with Gasteiger partial charge in [0.15, 0.2) is 0 Å². The number of amides is 1. The fourth-order valence-electron chi connectivity index (χ4n) is 1.89. The third-order valence-electron chi connectivity index (χ3n) is 2.86. The van der Waals surface area contributed by atoms with Gasteiger partial charge in [0.2, 0.25) is 5.91 Å². The monoisotopic (exact) mass is 268 g/mol. The summed E-state index contributed by atoms with van der Waals surface area (Å²) in [5.41, 5.74) is -0.929. The van der Waals surface area contributed by atoms with Crippen molar-refractivity contribution in [3.63, 3.8) is 0 Å². The number of β-amino-alcohol motifs (C(OH)–C–C–N with tert-alkyl or cyclic N) is 1. The first kappa shape index (κ1) is 15.9. The molecule has 1 atom stereocenters. The first-order valence-corrected chi connectivity index (χ1v) is 6.63.